The molecule has 0 radical (unpaired) electrons. The first-order valence-electron chi connectivity index (χ1n) is 18.8. The number of aromatic hydroxyl groups is 2. The minimum atomic E-state index is 0.364. The first-order valence-corrected chi connectivity index (χ1v) is 20.0. The Bertz CT molecular complexity index is 941. The molecule has 2 rings (SSSR count). The number of hydrogen-bond donors (Lipinski definition) is 2. The molecule has 0 fully saturated rings. The normalized spacial score (nSPS) is 12.0. The largest absolute Gasteiger partial charge is 0.507 e. The minimum Gasteiger partial charge on any atom is -0.507 e. The fourth-order valence-corrected chi connectivity index (χ4v) is 7.50. The van der Waals surface area contributed by atoms with Gasteiger partial charge < -0.3 is 10.2 Å². The molecule has 0 aliphatic rings. The van der Waals surface area contributed by atoms with Crippen LogP contribution < -0.4 is 0 Å². The van der Waals surface area contributed by atoms with E-state index in [-0.39, 0.29) is 0 Å². The van der Waals surface area contributed by atoms with Crippen LogP contribution >= 0.6 is 11.8 Å². The van der Waals surface area contributed by atoms with Crippen molar-refractivity contribution in [2.45, 2.75) is 182 Å². The van der Waals surface area contributed by atoms with Gasteiger partial charge in [0.2, 0.25) is 0 Å². The van der Waals surface area contributed by atoms with Gasteiger partial charge in [0.25, 0.3) is 0 Å². The molecule has 2 nitrogen and oxygen atoms in total. The first kappa shape index (κ1) is 39.6. The minimum absolute atomic E-state index is 0.364. The molecule has 2 aromatic carbocycles. The SMILES string of the molecule is CC(C)c1cc(CCCCCCCCCSCCCCCCCCCc2cc(C(C)C)c(O)c(C(C)C)c2)cc(C(C)C)c1O. The topological polar surface area (TPSA) is 40.5 Å². The fourth-order valence-electron chi connectivity index (χ4n) is 6.47. The second kappa shape index (κ2) is 22.0. The molecule has 0 saturated heterocycles. The van der Waals surface area contributed by atoms with Crippen LogP contribution in [0.2, 0.25) is 0 Å². The number of hydrogen-bond acceptors (Lipinski definition) is 3. The molecule has 45 heavy (non-hydrogen) atoms. The quantitative estimate of drug-likeness (QED) is 0.112. The number of phenols is 2. The van der Waals surface area contributed by atoms with Gasteiger partial charge in [-0.15, -0.1) is 0 Å². The standard InChI is InChI=1S/C42H70O2S/c1-31(2)37-27-35(28-38(32(3)4)41(37)43)23-19-15-11-9-13-17-21-25-45-26-22-18-14-10-12-16-20-24-36-29-39(33(5)6)42(44)40(30-36)34(7)8/h27-34,43-44H,9-26H2,1-8H3. The second-order valence-electron chi connectivity index (χ2n) is 14.9. The van der Waals surface area contributed by atoms with Crippen molar-refractivity contribution < 1.29 is 10.2 Å². The lowest BCUT2D eigenvalue weighted by molar-refractivity contribution is 0.453. The summed E-state index contributed by atoms with van der Waals surface area (Å²) >= 11 is 2.17. The van der Waals surface area contributed by atoms with Crippen LogP contribution in [0.5, 0.6) is 11.5 Å². The van der Waals surface area contributed by atoms with Gasteiger partial charge in [0.1, 0.15) is 11.5 Å². The Morgan fingerprint density at radius 1 is 0.400 bits per heavy atom. The number of unbranched alkanes of at least 4 members (excludes halogenated alkanes) is 12. The Kier molecular flexibility index (Phi) is 19.4. The summed E-state index contributed by atoms with van der Waals surface area (Å²) in [6.45, 7) is 17.4. The van der Waals surface area contributed by atoms with Crippen LogP contribution in [-0.4, -0.2) is 21.7 Å². The second-order valence-corrected chi connectivity index (χ2v) is 16.2. The zero-order valence-electron chi connectivity index (χ0n) is 30.6. The van der Waals surface area contributed by atoms with E-state index in [9.17, 15) is 10.2 Å². The van der Waals surface area contributed by atoms with Crippen molar-refractivity contribution in [1.82, 2.24) is 0 Å². The molecule has 0 saturated carbocycles. The van der Waals surface area contributed by atoms with Gasteiger partial charge in [-0.3, -0.25) is 0 Å². The number of benzene rings is 2. The molecule has 2 N–H and O–H groups in total. The summed E-state index contributed by atoms with van der Waals surface area (Å²) in [5.41, 5.74) is 7.26. The average molecular weight is 639 g/mol. The number of phenolic OH excluding ortho intramolecular Hbond substituents is 2. The summed E-state index contributed by atoms with van der Waals surface area (Å²) in [5, 5.41) is 21.3. The van der Waals surface area contributed by atoms with Crippen LogP contribution in [0.15, 0.2) is 24.3 Å². The molecular weight excluding hydrogens is 569 g/mol. The van der Waals surface area contributed by atoms with Gasteiger partial charge >= 0.3 is 0 Å². The summed E-state index contributed by atoms with van der Waals surface area (Å²) in [4.78, 5) is 0. The van der Waals surface area contributed by atoms with E-state index >= 15 is 0 Å². The summed E-state index contributed by atoms with van der Waals surface area (Å²) < 4.78 is 0. The van der Waals surface area contributed by atoms with Crippen molar-refractivity contribution in [3.63, 3.8) is 0 Å². The van der Waals surface area contributed by atoms with Crippen molar-refractivity contribution in [2.75, 3.05) is 11.5 Å². The Balaban J connectivity index is 1.42. The van der Waals surface area contributed by atoms with Crippen LogP contribution in [0.1, 0.15) is 202 Å². The highest BCUT2D eigenvalue weighted by molar-refractivity contribution is 7.99. The molecule has 0 aromatic heterocycles. The van der Waals surface area contributed by atoms with Gasteiger partial charge in [0.05, 0.1) is 0 Å². The van der Waals surface area contributed by atoms with Crippen LogP contribution in [-0.2, 0) is 12.8 Å². The molecule has 3 heteroatoms. The fraction of sp³-hybridized carbons (Fsp3) is 0.714. The zero-order chi connectivity index (χ0) is 33.2. The monoisotopic (exact) mass is 639 g/mol. The van der Waals surface area contributed by atoms with Crippen molar-refractivity contribution in [1.29, 1.82) is 0 Å². The van der Waals surface area contributed by atoms with Crippen LogP contribution in [0, 0.1) is 0 Å². The van der Waals surface area contributed by atoms with E-state index < -0.39 is 0 Å². The lowest BCUT2D eigenvalue weighted by atomic mass is 9.90. The molecule has 2 aromatic rings. The Morgan fingerprint density at radius 2 is 0.644 bits per heavy atom. The molecular formula is C42H70O2S. The van der Waals surface area contributed by atoms with E-state index in [0.29, 0.717) is 35.2 Å². The van der Waals surface area contributed by atoms with E-state index in [4.69, 9.17) is 0 Å². The van der Waals surface area contributed by atoms with Gasteiger partial charge in [-0.1, -0.05) is 144 Å². The predicted octanol–water partition coefficient (Wildman–Crippen LogP) is 13.6. The molecule has 0 amide bonds. The maximum Gasteiger partial charge on any atom is 0.122 e. The summed E-state index contributed by atoms with van der Waals surface area (Å²) in [5.74, 6) is 5.17. The Hall–Kier alpha value is -1.61. The lowest BCUT2D eigenvalue weighted by Crippen LogP contribution is -1.99. The maximum absolute atomic E-state index is 10.6. The van der Waals surface area contributed by atoms with Crippen molar-refractivity contribution in [3.05, 3.63) is 57.6 Å². The maximum atomic E-state index is 10.6. The van der Waals surface area contributed by atoms with Gasteiger partial charge in [0.15, 0.2) is 0 Å². The van der Waals surface area contributed by atoms with Gasteiger partial charge in [-0.25, -0.2) is 0 Å². The van der Waals surface area contributed by atoms with Crippen LogP contribution in [0.4, 0.5) is 0 Å². The highest BCUT2D eigenvalue weighted by Crippen LogP contribution is 2.36. The van der Waals surface area contributed by atoms with Gasteiger partial charge in [0, 0.05) is 0 Å². The van der Waals surface area contributed by atoms with Crippen molar-refractivity contribution in [2.24, 2.45) is 0 Å². The summed E-state index contributed by atoms with van der Waals surface area (Å²) in [7, 11) is 0. The molecule has 256 valence electrons. The van der Waals surface area contributed by atoms with E-state index in [0.717, 1.165) is 35.1 Å². The van der Waals surface area contributed by atoms with Crippen LogP contribution in [0.25, 0.3) is 0 Å². The van der Waals surface area contributed by atoms with E-state index in [1.54, 1.807) is 0 Å². The summed E-state index contributed by atoms with van der Waals surface area (Å²) in [6.07, 6.45) is 21.2. The smallest absolute Gasteiger partial charge is 0.122 e. The third-order valence-electron chi connectivity index (χ3n) is 9.45. The number of rotatable bonds is 24. The Morgan fingerprint density at radius 3 is 0.911 bits per heavy atom. The molecule has 0 spiro atoms. The van der Waals surface area contributed by atoms with E-state index in [1.165, 1.54) is 113 Å². The van der Waals surface area contributed by atoms with Crippen molar-refractivity contribution >= 4 is 11.8 Å². The summed E-state index contributed by atoms with van der Waals surface area (Å²) in [6, 6.07) is 8.98. The molecule has 0 bridgehead atoms. The van der Waals surface area contributed by atoms with Gasteiger partial charge in [-0.05, 0) is 107 Å². The van der Waals surface area contributed by atoms with Gasteiger partial charge in [-0.2, -0.15) is 11.8 Å². The molecule has 0 unspecified atom stereocenters. The first-order chi connectivity index (χ1) is 21.5. The van der Waals surface area contributed by atoms with E-state index in [2.05, 4.69) is 91.4 Å². The number of thioether (sulfide) groups is 1. The highest BCUT2D eigenvalue weighted by Gasteiger charge is 2.16. The predicted molar refractivity (Wildman–Crippen MR) is 202 cm³/mol. The third-order valence-corrected chi connectivity index (χ3v) is 10.6. The molecule has 0 heterocycles. The number of aryl methyl sites for hydroxylation is 2. The lowest BCUT2D eigenvalue weighted by Gasteiger charge is -2.17. The Labute approximate surface area is 283 Å². The molecule has 0 atom stereocenters. The van der Waals surface area contributed by atoms with Crippen molar-refractivity contribution in [3.8, 4) is 11.5 Å². The highest BCUT2D eigenvalue weighted by atomic mass is 32.2. The average Bonchev–Trinajstić information content (AvgIpc) is 2.98. The zero-order valence-corrected chi connectivity index (χ0v) is 31.5. The third kappa shape index (κ3) is 14.8. The molecule has 0 aliphatic heterocycles. The van der Waals surface area contributed by atoms with E-state index in [1.807, 2.05) is 0 Å². The molecule has 0 aliphatic carbocycles. The van der Waals surface area contributed by atoms with Crippen LogP contribution in [0.3, 0.4) is 0 Å².